The van der Waals surface area contributed by atoms with E-state index in [-0.39, 0.29) is 23.9 Å². The van der Waals surface area contributed by atoms with Gasteiger partial charge in [0.05, 0.1) is 10.0 Å². The summed E-state index contributed by atoms with van der Waals surface area (Å²) in [5, 5.41) is 9.52. The fraction of sp³-hybridized carbons (Fsp3) is 0.280. The first-order chi connectivity index (χ1) is 33.1. The highest BCUT2D eigenvalue weighted by atomic mass is 35.5. The Morgan fingerprint density at radius 1 is 0.603 bits per heavy atom. The number of hydrogen-bond donors (Lipinski definition) is 2. The molecule has 4 aromatic heterocycles. The van der Waals surface area contributed by atoms with Gasteiger partial charge in [0, 0.05) is 84.2 Å². The van der Waals surface area contributed by atoms with E-state index in [0.29, 0.717) is 85.2 Å². The number of hydrogen-bond acceptors (Lipinski definition) is 10. The maximum Gasteiger partial charge on any atom is 0.222 e. The Kier molecular flexibility index (Phi) is 14.4. The molecule has 2 unspecified atom stereocenters. The molecular formula is C50H48Cl4N12O2. The van der Waals surface area contributed by atoms with Gasteiger partial charge in [0.25, 0.3) is 0 Å². The molecule has 2 saturated heterocycles. The van der Waals surface area contributed by atoms with Crippen LogP contribution in [0.1, 0.15) is 52.4 Å². The Labute approximate surface area is 413 Å². The summed E-state index contributed by atoms with van der Waals surface area (Å²) >= 11 is 25.4. The van der Waals surface area contributed by atoms with Gasteiger partial charge in [0.15, 0.2) is 34.0 Å². The number of anilines is 2. The Bertz CT molecular complexity index is 3090. The van der Waals surface area contributed by atoms with Crippen LogP contribution in [-0.2, 0) is 9.59 Å². The number of carbonyl (C=O) groups excluding carboxylic acids is 2. The molecule has 18 heteroatoms. The van der Waals surface area contributed by atoms with E-state index in [1.54, 1.807) is 6.92 Å². The zero-order chi connectivity index (χ0) is 47.3. The first-order valence-corrected chi connectivity index (χ1v) is 24.1. The summed E-state index contributed by atoms with van der Waals surface area (Å²) in [5.74, 6) is 2.90. The van der Waals surface area contributed by atoms with Crippen molar-refractivity contribution in [2.75, 3.05) is 36.8 Å². The van der Waals surface area contributed by atoms with Crippen LogP contribution in [0.3, 0.4) is 0 Å². The number of piperidine rings is 2. The molecule has 2 N–H and O–H groups in total. The zero-order valence-electron chi connectivity index (χ0n) is 37.4. The minimum Gasteiger partial charge on any atom is -0.364 e. The molecule has 0 saturated carbocycles. The smallest absolute Gasteiger partial charge is 0.222 e. The maximum absolute atomic E-state index is 12.5. The number of rotatable bonds is 10. The van der Waals surface area contributed by atoms with Crippen LogP contribution in [0.4, 0.5) is 11.6 Å². The van der Waals surface area contributed by atoms with Crippen molar-refractivity contribution in [3.63, 3.8) is 0 Å². The number of halogens is 4. The van der Waals surface area contributed by atoms with Crippen LogP contribution in [-0.4, -0.2) is 98.9 Å². The number of fused-ring (bicyclic) bond motifs is 2. The van der Waals surface area contributed by atoms with Gasteiger partial charge in [-0.15, -0.1) is 0 Å². The Morgan fingerprint density at radius 2 is 1.04 bits per heavy atom. The lowest BCUT2D eigenvalue weighted by Crippen LogP contribution is -2.45. The maximum atomic E-state index is 12.5. The van der Waals surface area contributed by atoms with Gasteiger partial charge in [-0.25, -0.2) is 29.9 Å². The molecule has 2 fully saturated rings. The van der Waals surface area contributed by atoms with E-state index < -0.39 is 0 Å². The molecule has 10 rings (SSSR count). The van der Waals surface area contributed by atoms with E-state index in [1.165, 1.54) is 12.7 Å². The molecule has 348 valence electrons. The van der Waals surface area contributed by atoms with Gasteiger partial charge in [-0.3, -0.25) is 18.7 Å². The van der Waals surface area contributed by atoms with Gasteiger partial charge in [0.1, 0.15) is 24.3 Å². The molecule has 0 radical (unpaired) electrons. The van der Waals surface area contributed by atoms with Crippen molar-refractivity contribution in [1.82, 2.24) is 48.8 Å². The minimum absolute atomic E-state index is 0.0855. The van der Waals surface area contributed by atoms with Crippen molar-refractivity contribution in [2.45, 2.75) is 64.5 Å². The zero-order valence-corrected chi connectivity index (χ0v) is 40.4. The van der Waals surface area contributed by atoms with Crippen molar-refractivity contribution in [3.8, 4) is 34.2 Å². The second-order valence-corrected chi connectivity index (χ2v) is 18.5. The van der Waals surface area contributed by atoms with Crippen LogP contribution < -0.4 is 10.6 Å². The molecule has 0 spiro atoms. The topological polar surface area (TPSA) is 152 Å². The van der Waals surface area contributed by atoms with Gasteiger partial charge in [0.2, 0.25) is 11.8 Å². The number of imidazole rings is 2. The highest BCUT2D eigenvalue weighted by molar-refractivity contribution is 6.33. The summed E-state index contributed by atoms with van der Waals surface area (Å²) in [7, 11) is 0. The summed E-state index contributed by atoms with van der Waals surface area (Å²) in [4.78, 5) is 56.2. The molecule has 8 aromatic rings. The van der Waals surface area contributed by atoms with Crippen LogP contribution in [0.2, 0.25) is 20.1 Å². The number of amides is 2. The second kappa shape index (κ2) is 20.9. The summed E-state index contributed by atoms with van der Waals surface area (Å²) < 4.78 is 3.93. The van der Waals surface area contributed by atoms with Crippen molar-refractivity contribution in [2.24, 2.45) is 0 Å². The molecular weight excluding hydrogens is 942 g/mol. The van der Waals surface area contributed by atoms with Crippen LogP contribution in [0.15, 0.2) is 110 Å². The van der Waals surface area contributed by atoms with E-state index in [9.17, 15) is 9.59 Å². The van der Waals surface area contributed by atoms with Crippen LogP contribution in [0.25, 0.3) is 56.5 Å². The summed E-state index contributed by atoms with van der Waals surface area (Å²) in [6.45, 7) is 6.51. The predicted octanol–water partition coefficient (Wildman–Crippen LogP) is 11.2. The van der Waals surface area contributed by atoms with Gasteiger partial charge < -0.3 is 20.4 Å². The van der Waals surface area contributed by atoms with Gasteiger partial charge in [-0.1, -0.05) is 77.6 Å². The lowest BCUT2D eigenvalue weighted by molar-refractivity contribution is -0.132. The van der Waals surface area contributed by atoms with Gasteiger partial charge in [-0.05, 0) is 105 Å². The quantitative estimate of drug-likeness (QED) is 0.135. The number of benzene rings is 4. The molecule has 4 aromatic carbocycles. The van der Waals surface area contributed by atoms with E-state index in [1.807, 2.05) is 123 Å². The molecule has 2 atom stereocenters. The average Bonchev–Trinajstić information content (AvgIpc) is 3.93. The predicted molar refractivity (Wildman–Crippen MR) is 271 cm³/mol. The summed E-state index contributed by atoms with van der Waals surface area (Å²) in [5.41, 5.74) is 5.92. The molecule has 68 heavy (non-hydrogen) atoms. The van der Waals surface area contributed by atoms with Crippen LogP contribution in [0.5, 0.6) is 0 Å². The van der Waals surface area contributed by atoms with E-state index in [0.717, 1.165) is 67.7 Å². The SMILES string of the molecule is CC(=O)N1CCCC(Nc2ncnc3c2nc(-c2ccccc2Cl)n3-c2ccc(Cl)cc2)C1.CCCC(=O)N1CCCC(Nc2ncnc3c2nc(-c2ccccc2Cl)n3-c2ccc(Cl)cc2)C1. The van der Waals surface area contributed by atoms with Crippen molar-refractivity contribution >= 4 is 92.2 Å². The minimum atomic E-state index is 0.0855. The van der Waals surface area contributed by atoms with Gasteiger partial charge in [-0.2, -0.15) is 0 Å². The number of carbonyl (C=O) groups is 2. The molecule has 2 amide bonds. The Balaban J connectivity index is 0.000000170. The largest absolute Gasteiger partial charge is 0.364 e. The summed E-state index contributed by atoms with van der Waals surface area (Å²) in [6, 6.07) is 30.4. The van der Waals surface area contributed by atoms with Crippen LogP contribution in [0, 0.1) is 0 Å². The van der Waals surface area contributed by atoms with Gasteiger partial charge >= 0.3 is 0 Å². The van der Waals surface area contributed by atoms with E-state index in [2.05, 4.69) is 30.6 Å². The number of aromatic nitrogens is 8. The number of nitrogens with one attached hydrogen (secondary N) is 2. The summed E-state index contributed by atoms with van der Waals surface area (Å²) in [6.07, 6.45) is 8.30. The third-order valence-electron chi connectivity index (χ3n) is 12.1. The lowest BCUT2D eigenvalue weighted by Gasteiger charge is -2.33. The molecule has 2 aliphatic rings. The first kappa shape index (κ1) is 46.8. The average molecular weight is 991 g/mol. The number of nitrogens with zero attached hydrogens (tertiary/aromatic N) is 10. The van der Waals surface area contributed by atoms with E-state index in [4.69, 9.17) is 56.4 Å². The fourth-order valence-corrected chi connectivity index (χ4v) is 9.47. The van der Waals surface area contributed by atoms with Crippen molar-refractivity contribution < 1.29 is 9.59 Å². The molecule has 14 nitrogen and oxygen atoms in total. The fourth-order valence-electron chi connectivity index (χ4n) is 8.77. The van der Waals surface area contributed by atoms with Crippen LogP contribution >= 0.6 is 46.4 Å². The Hall–Kier alpha value is -6.32. The first-order valence-electron chi connectivity index (χ1n) is 22.6. The standard InChI is InChI=1S/C26H26Cl2N6O.C24H22Cl2N6O/c1-2-6-22(35)33-14-5-7-18(15-33)31-24-23-26(30-16-29-24)34(19-12-10-17(27)11-13-19)25(32-23)20-8-3-4-9-21(20)28;1-15(33)31-12-4-5-17(13-31)29-22-21-24(28-14-27-22)32(18-10-8-16(25)9-11-18)23(30-21)19-6-2-3-7-20(19)26/h3-4,8-13,16,18H,2,5-7,14-15H2,1H3,(H,29,30,31);2-3,6-11,14,17H,4-5,12-13H2,1H3,(H,27,28,29). The second-order valence-electron chi connectivity index (χ2n) is 16.8. The monoisotopic (exact) mass is 988 g/mol. The molecule has 2 aliphatic heterocycles. The third-order valence-corrected chi connectivity index (χ3v) is 13.2. The highest BCUT2D eigenvalue weighted by Gasteiger charge is 2.28. The third kappa shape index (κ3) is 10.1. The van der Waals surface area contributed by atoms with Crippen molar-refractivity contribution in [3.05, 3.63) is 130 Å². The lowest BCUT2D eigenvalue weighted by atomic mass is 10.0. The number of likely N-dealkylation sites (tertiary alicyclic amines) is 2. The van der Waals surface area contributed by atoms with Crippen molar-refractivity contribution in [1.29, 1.82) is 0 Å². The van der Waals surface area contributed by atoms with E-state index >= 15 is 0 Å². The molecule has 0 bridgehead atoms. The molecule has 0 aliphatic carbocycles. The highest BCUT2D eigenvalue weighted by Crippen LogP contribution is 2.36. The Morgan fingerprint density at radius 3 is 1.49 bits per heavy atom. The normalized spacial score (nSPS) is 16.1. The molecule has 6 heterocycles.